The van der Waals surface area contributed by atoms with Crippen LogP contribution in [0.1, 0.15) is 6.92 Å². The predicted molar refractivity (Wildman–Crippen MR) is 61.0 cm³/mol. The Morgan fingerprint density at radius 1 is 1.36 bits per heavy atom. The van der Waals surface area contributed by atoms with Crippen molar-refractivity contribution in [2.75, 3.05) is 6.54 Å². The first-order valence-corrected chi connectivity index (χ1v) is 6.08. The van der Waals surface area contributed by atoms with Gasteiger partial charge >= 0.3 is 0 Å². The Bertz CT molecular complexity index is 181. The number of hydrogen-bond donors (Lipinski definition) is 2. The number of nitrogens with one attached hydrogen (secondary N) is 2. The van der Waals surface area contributed by atoms with Gasteiger partial charge in [-0.1, -0.05) is 24.4 Å². The topological polar surface area (TPSA) is 24.1 Å². The van der Waals surface area contributed by atoms with Gasteiger partial charge in [0, 0.05) is 12.6 Å². The molecule has 1 saturated heterocycles. The summed E-state index contributed by atoms with van der Waals surface area (Å²) in [4.78, 5) is 0. The molecule has 62 valence electrons. The summed E-state index contributed by atoms with van der Waals surface area (Å²) < 4.78 is 1.62. The van der Waals surface area contributed by atoms with E-state index in [2.05, 4.69) is 17.6 Å². The monoisotopic (exact) mass is 224 g/mol. The van der Waals surface area contributed by atoms with Gasteiger partial charge in [0.05, 0.1) is 0 Å². The molecule has 0 radical (unpaired) electrons. The lowest BCUT2D eigenvalue weighted by atomic mass is 10.3. The minimum Gasteiger partial charge on any atom is -0.368 e. The van der Waals surface area contributed by atoms with Gasteiger partial charge in [0.1, 0.15) is 8.64 Å². The van der Waals surface area contributed by atoms with Crippen LogP contribution >= 0.6 is 46.0 Å². The van der Waals surface area contributed by atoms with Crippen molar-refractivity contribution in [3.63, 3.8) is 0 Å². The molecule has 1 aliphatic heterocycles. The van der Waals surface area contributed by atoms with E-state index in [0.29, 0.717) is 6.04 Å². The van der Waals surface area contributed by atoms with Gasteiger partial charge in [0.2, 0.25) is 0 Å². The second-order valence-corrected chi connectivity index (χ2v) is 5.65. The Kier molecular flexibility index (Phi) is 3.91. The van der Waals surface area contributed by atoms with Crippen LogP contribution in [0.25, 0.3) is 0 Å². The van der Waals surface area contributed by atoms with Gasteiger partial charge in [0.15, 0.2) is 0 Å². The number of rotatable bonds is 0. The summed E-state index contributed by atoms with van der Waals surface area (Å²) in [5.74, 6) is 0. The highest BCUT2D eigenvalue weighted by Crippen LogP contribution is 2.24. The lowest BCUT2D eigenvalue weighted by Gasteiger charge is -2.19. The summed E-state index contributed by atoms with van der Waals surface area (Å²) in [5, 5.41) is 6.26. The summed E-state index contributed by atoms with van der Waals surface area (Å²) in [5.41, 5.74) is 0. The molecule has 1 heterocycles. The van der Waals surface area contributed by atoms with E-state index in [1.807, 2.05) is 0 Å². The zero-order valence-electron chi connectivity index (χ0n) is 5.92. The quantitative estimate of drug-likeness (QED) is 0.478. The minimum atomic E-state index is 0.355. The van der Waals surface area contributed by atoms with E-state index < -0.39 is 0 Å². The van der Waals surface area contributed by atoms with E-state index in [-0.39, 0.29) is 0 Å². The Labute approximate surface area is 84.7 Å². The number of thiocarbonyl (C=S) groups is 2. The van der Waals surface area contributed by atoms with Gasteiger partial charge in [-0.05, 0) is 28.5 Å². The van der Waals surface area contributed by atoms with Crippen LogP contribution in [0.4, 0.5) is 0 Å². The first kappa shape index (κ1) is 9.57. The normalized spacial score (nSPS) is 26.5. The maximum atomic E-state index is 5.03. The third-order valence-corrected chi connectivity index (χ3v) is 4.40. The summed E-state index contributed by atoms with van der Waals surface area (Å²) in [6.07, 6.45) is 0. The fourth-order valence-corrected chi connectivity index (χ4v) is 2.83. The van der Waals surface area contributed by atoms with E-state index in [1.54, 1.807) is 0 Å². The van der Waals surface area contributed by atoms with Crippen molar-refractivity contribution in [3.8, 4) is 0 Å². The zero-order valence-corrected chi connectivity index (χ0v) is 9.18. The van der Waals surface area contributed by atoms with Crippen LogP contribution in [0.15, 0.2) is 0 Å². The van der Waals surface area contributed by atoms with Crippen molar-refractivity contribution in [3.05, 3.63) is 0 Å². The van der Waals surface area contributed by atoms with E-state index in [4.69, 9.17) is 24.4 Å². The predicted octanol–water partition coefficient (Wildman–Crippen LogP) is 1.52. The molecule has 1 rings (SSSR count). The molecule has 0 aromatic carbocycles. The Morgan fingerprint density at radius 3 is 2.73 bits per heavy atom. The second kappa shape index (κ2) is 4.49. The third kappa shape index (κ3) is 3.59. The minimum absolute atomic E-state index is 0.355. The first-order valence-electron chi connectivity index (χ1n) is 3.11. The molecule has 6 heteroatoms. The molecule has 2 N–H and O–H groups in total. The molecule has 0 unspecified atom stereocenters. The van der Waals surface area contributed by atoms with Crippen molar-refractivity contribution in [1.29, 1.82) is 0 Å². The second-order valence-electron chi connectivity index (χ2n) is 2.17. The Balaban J connectivity index is 2.47. The standard InChI is InChI=1S/C5H8N2S4/c1-3-2-6-4(8)10-11-5(9)7-3/h3H,2H2,1H3,(H,6,8)(H,7,9)/t3-/m1/s1. The largest absolute Gasteiger partial charge is 0.368 e. The molecule has 1 fully saturated rings. The van der Waals surface area contributed by atoms with E-state index in [0.717, 1.165) is 15.2 Å². The summed E-state index contributed by atoms with van der Waals surface area (Å²) in [6, 6.07) is 0.355. The molecule has 1 aliphatic rings. The third-order valence-electron chi connectivity index (χ3n) is 1.11. The van der Waals surface area contributed by atoms with Crippen LogP contribution in [0, 0.1) is 0 Å². The maximum absolute atomic E-state index is 5.03. The molecular formula is C5H8N2S4. The molecule has 0 amide bonds. The maximum Gasteiger partial charge on any atom is 0.145 e. The highest BCUT2D eigenvalue weighted by molar-refractivity contribution is 8.89. The lowest BCUT2D eigenvalue weighted by molar-refractivity contribution is 0.652. The van der Waals surface area contributed by atoms with Crippen LogP contribution in [0.5, 0.6) is 0 Å². The molecule has 0 bridgehead atoms. The Morgan fingerprint density at radius 2 is 2.00 bits per heavy atom. The van der Waals surface area contributed by atoms with Crippen molar-refractivity contribution >= 4 is 54.7 Å². The van der Waals surface area contributed by atoms with Crippen LogP contribution in [0.3, 0.4) is 0 Å². The first-order chi connectivity index (χ1) is 5.18. The van der Waals surface area contributed by atoms with Gasteiger partial charge in [-0.25, -0.2) is 0 Å². The van der Waals surface area contributed by atoms with Crippen LogP contribution in [-0.4, -0.2) is 21.2 Å². The molecule has 0 aromatic rings. The van der Waals surface area contributed by atoms with Crippen molar-refractivity contribution in [1.82, 2.24) is 10.6 Å². The van der Waals surface area contributed by atoms with Crippen molar-refractivity contribution in [2.24, 2.45) is 0 Å². The highest BCUT2D eigenvalue weighted by atomic mass is 33.1. The molecule has 0 aromatic heterocycles. The molecular weight excluding hydrogens is 216 g/mol. The summed E-state index contributed by atoms with van der Waals surface area (Å²) >= 11 is 10.0. The lowest BCUT2D eigenvalue weighted by Crippen LogP contribution is -2.40. The summed E-state index contributed by atoms with van der Waals surface area (Å²) in [7, 11) is 2.99. The molecule has 1 atom stereocenters. The Hall–Kier alpha value is 0.480. The fourth-order valence-electron chi connectivity index (χ4n) is 0.618. The van der Waals surface area contributed by atoms with E-state index in [9.17, 15) is 0 Å². The molecule has 11 heavy (non-hydrogen) atoms. The van der Waals surface area contributed by atoms with Gasteiger partial charge < -0.3 is 10.6 Å². The smallest absolute Gasteiger partial charge is 0.145 e. The van der Waals surface area contributed by atoms with Crippen LogP contribution in [-0.2, 0) is 0 Å². The zero-order chi connectivity index (χ0) is 8.27. The van der Waals surface area contributed by atoms with Crippen LogP contribution < -0.4 is 10.6 Å². The average molecular weight is 224 g/mol. The summed E-state index contributed by atoms with van der Waals surface area (Å²) in [6.45, 7) is 2.91. The molecule has 0 saturated carbocycles. The van der Waals surface area contributed by atoms with Gasteiger partial charge in [0.25, 0.3) is 0 Å². The SMILES string of the molecule is C[C@@H]1CNC(=S)SSC(=S)N1. The van der Waals surface area contributed by atoms with Crippen LogP contribution in [0.2, 0.25) is 0 Å². The van der Waals surface area contributed by atoms with Crippen molar-refractivity contribution in [2.45, 2.75) is 13.0 Å². The average Bonchev–Trinajstić information content (AvgIpc) is 1.95. The molecule has 0 spiro atoms. The van der Waals surface area contributed by atoms with E-state index >= 15 is 0 Å². The van der Waals surface area contributed by atoms with Crippen molar-refractivity contribution < 1.29 is 0 Å². The van der Waals surface area contributed by atoms with Gasteiger partial charge in [-0.2, -0.15) is 0 Å². The highest BCUT2D eigenvalue weighted by Gasteiger charge is 2.10. The molecule has 2 nitrogen and oxygen atoms in total. The van der Waals surface area contributed by atoms with E-state index in [1.165, 1.54) is 21.6 Å². The fraction of sp³-hybridized carbons (Fsp3) is 0.600. The molecule has 0 aliphatic carbocycles. The van der Waals surface area contributed by atoms with Gasteiger partial charge in [-0.3, -0.25) is 0 Å². The van der Waals surface area contributed by atoms with Gasteiger partial charge in [-0.15, -0.1) is 0 Å². The number of hydrogen-bond acceptors (Lipinski definition) is 4.